The van der Waals surface area contributed by atoms with E-state index in [1.54, 1.807) is 0 Å². The zero-order chi connectivity index (χ0) is 23.3. The van der Waals surface area contributed by atoms with E-state index >= 15 is 0 Å². The van der Waals surface area contributed by atoms with Crippen LogP contribution in [0.4, 0.5) is 17.6 Å². The number of alkyl halides is 4. The first-order valence-electron chi connectivity index (χ1n) is 12.5. The Kier molecular flexibility index (Phi) is 6.63. The summed E-state index contributed by atoms with van der Waals surface area (Å²) in [5.41, 5.74) is 5.19. The van der Waals surface area contributed by atoms with Gasteiger partial charge in [-0.25, -0.2) is 15.2 Å². The zero-order valence-corrected chi connectivity index (χ0v) is 19.1. The van der Waals surface area contributed by atoms with Crippen molar-refractivity contribution in [3.63, 3.8) is 0 Å². The molecule has 0 bridgehead atoms. The van der Waals surface area contributed by atoms with E-state index < -0.39 is 18.5 Å². The highest BCUT2D eigenvalue weighted by molar-refractivity contribution is 5.82. The van der Waals surface area contributed by atoms with Gasteiger partial charge in [0.1, 0.15) is 6.17 Å². The number of piperazine rings is 1. The highest BCUT2D eigenvalue weighted by Gasteiger charge is 2.52. The van der Waals surface area contributed by atoms with Gasteiger partial charge in [0.15, 0.2) is 6.17 Å². The average Bonchev–Trinajstić information content (AvgIpc) is 3.41. The van der Waals surface area contributed by atoms with Gasteiger partial charge in [-0.05, 0) is 50.9 Å². The van der Waals surface area contributed by atoms with Crippen molar-refractivity contribution < 1.29 is 22.4 Å². The highest BCUT2D eigenvalue weighted by atomic mass is 19.4. The Morgan fingerprint density at radius 3 is 2.64 bits per heavy atom. The summed E-state index contributed by atoms with van der Waals surface area (Å²) < 4.78 is 54.0. The molecule has 0 aromatic carbocycles. The normalized spacial score (nSPS) is 44.9. The van der Waals surface area contributed by atoms with Crippen LogP contribution in [0.25, 0.3) is 0 Å². The van der Waals surface area contributed by atoms with Gasteiger partial charge in [0.25, 0.3) is 0 Å². The molecule has 11 heteroatoms. The third-order valence-corrected chi connectivity index (χ3v) is 8.65. The topological polar surface area (TPSA) is 71.7 Å². The van der Waals surface area contributed by atoms with E-state index in [4.69, 9.17) is 0 Å². The number of rotatable bonds is 3. The van der Waals surface area contributed by atoms with Crippen LogP contribution in [0.2, 0.25) is 0 Å². The summed E-state index contributed by atoms with van der Waals surface area (Å²) in [6.07, 6.45) is -1.48. The van der Waals surface area contributed by atoms with Crippen LogP contribution in [-0.4, -0.2) is 84.2 Å². The number of hydrazine groups is 1. The quantitative estimate of drug-likeness (QED) is 0.463. The second kappa shape index (κ2) is 9.22. The van der Waals surface area contributed by atoms with E-state index in [1.807, 2.05) is 0 Å². The summed E-state index contributed by atoms with van der Waals surface area (Å²) in [5, 5.41) is 6.61. The largest absolute Gasteiger partial charge is 0.418 e. The zero-order valence-electron chi connectivity index (χ0n) is 19.1. The van der Waals surface area contributed by atoms with Crippen LogP contribution in [0.3, 0.4) is 0 Å². The van der Waals surface area contributed by atoms with Gasteiger partial charge >= 0.3 is 6.18 Å². The van der Waals surface area contributed by atoms with Gasteiger partial charge in [0.2, 0.25) is 5.91 Å². The van der Waals surface area contributed by atoms with E-state index in [-0.39, 0.29) is 42.2 Å². The highest BCUT2D eigenvalue weighted by Crippen LogP contribution is 2.39. The van der Waals surface area contributed by atoms with Gasteiger partial charge in [0.05, 0.1) is 12.2 Å². The van der Waals surface area contributed by atoms with Crippen LogP contribution in [0.1, 0.15) is 51.9 Å². The molecule has 9 atom stereocenters. The molecule has 2 aliphatic carbocycles. The van der Waals surface area contributed by atoms with Gasteiger partial charge in [-0.2, -0.15) is 13.2 Å². The number of hydrogen-bond acceptors (Lipinski definition) is 6. The monoisotopic (exact) mass is 476 g/mol. The smallest absolute Gasteiger partial charge is 0.352 e. The fourth-order valence-corrected chi connectivity index (χ4v) is 6.84. The van der Waals surface area contributed by atoms with Crippen molar-refractivity contribution in [2.75, 3.05) is 19.6 Å². The number of carbonyl (C=O) groups is 1. The maximum absolute atomic E-state index is 14.4. The van der Waals surface area contributed by atoms with Crippen LogP contribution in [0.15, 0.2) is 0 Å². The second-order valence-electron chi connectivity index (χ2n) is 10.7. The number of halogens is 4. The summed E-state index contributed by atoms with van der Waals surface area (Å²) in [4.78, 5) is 16.7. The SMILES string of the molecule is CC1CCC(F)C2CC(C(=O)N[C@@H]3CCC[C@H](N4CCN5C(C4)NNC5C(F)(F)F)C3)NC12. The molecule has 0 radical (unpaired) electrons. The number of hydrogen-bond donors (Lipinski definition) is 4. The molecular formula is C22H36F4N6O. The molecule has 5 rings (SSSR count). The minimum atomic E-state index is -4.31. The lowest BCUT2D eigenvalue weighted by Gasteiger charge is -2.44. The van der Waals surface area contributed by atoms with E-state index in [0.717, 1.165) is 32.1 Å². The molecular weight excluding hydrogens is 440 g/mol. The van der Waals surface area contributed by atoms with Gasteiger partial charge in [0, 0.05) is 43.7 Å². The van der Waals surface area contributed by atoms with Crippen molar-refractivity contribution in [2.24, 2.45) is 11.8 Å². The fraction of sp³-hybridized carbons (Fsp3) is 0.955. The first-order chi connectivity index (χ1) is 15.7. The molecule has 7 nitrogen and oxygen atoms in total. The lowest BCUT2D eigenvalue weighted by molar-refractivity contribution is -0.188. The molecule has 5 fully saturated rings. The predicted octanol–water partition coefficient (Wildman–Crippen LogP) is 1.47. The maximum atomic E-state index is 14.4. The van der Waals surface area contributed by atoms with Crippen molar-refractivity contribution in [2.45, 2.75) is 101 Å². The summed E-state index contributed by atoms with van der Waals surface area (Å²) in [6, 6.07) is 0.0333. The van der Waals surface area contributed by atoms with Crippen molar-refractivity contribution in [3.05, 3.63) is 0 Å². The summed E-state index contributed by atoms with van der Waals surface area (Å²) in [5.74, 6) is 0.273. The molecule has 7 unspecified atom stereocenters. The second-order valence-corrected chi connectivity index (χ2v) is 10.7. The third kappa shape index (κ3) is 4.76. The Balaban J connectivity index is 1.13. The number of carbonyl (C=O) groups excluding carboxylic acids is 1. The molecule has 0 spiro atoms. The third-order valence-electron chi connectivity index (χ3n) is 8.65. The Hall–Kier alpha value is -1.01. The number of amides is 1. The van der Waals surface area contributed by atoms with Crippen molar-refractivity contribution in [1.29, 1.82) is 0 Å². The van der Waals surface area contributed by atoms with Crippen LogP contribution in [0.5, 0.6) is 0 Å². The van der Waals surface area contributed by atoms with E-state index in [2.05, 4.69) is 33.3 Å². The van der Waals surface area contributed by atoms with Crippen LogP contribution < -0.4 is 21.5 Å². The summed E-state index contributed by atoms with van der Waals surface area (Å²) in [7, 11) is 0. The predicted molar refractivity (Wildman–Crippen MR) is 114 cm³/mol. The minimum absolute atomic E-state index is 0.0334. The first-order valence-corrected chi connectivity index (χ1v) is 12.5. The summed E-state index contributed by atoms with van der Waals surface area (Å²) in [6.45, 7) is 3.59. The Morgan fingerprint density at radius 1 is 1.06 bits per heavy atom. The summed E-state index contributed by atoms with van der Waals surface area (Å²) >= 11 is 0. The molecule has 0 aromatic rings. The lowest BCUT2D eigenvalue weighted by Crippen LogP contribution is -2.60. The maximum Gasteiger partial charge on any atom is 0.418 e. The molecule has 3 aliphatic heterocycles. The number of nitrogens with zero attached hydrogens (tertiary/aromatic N) is 2. The van der Waals surface area contributed by atoms with Gasteiger partial charge in [-0.15, -0.1) is 0 Å². The van der Waals surface area contributed by atoms with E-state index in [1.165, 1.54) is 4.90 Å². The van der Waals surface area contributed by atoms with Gasteiger partial charge in [-0.3, -0.25) is 14.6 Å². The van der Waals surface area contributed by atoms with E-state index in [0.29, 0.717) is 38.4 Å². The van der Waals surface area contributed by atoms with Crippen LogP contribution in [0, 0.1) is 11.8 Å². The molecule has 3 saturated heterocycles. The standard InChI is InChI=1S/C22H36F4N6O/c1-12-5-6-16(23)15-10-17(28-19(12)15)20(33)27-13-3-2-4-14(9-13)31-7-8-32-18(11-31)29-30-21(32)22(24,25)26/h12-19,21,28-30H,2-11H2,1H3,(H,27,33)/t12?,13-,14+,15?,16?,17?,18?,19?,21?/m1/s1. The molecule has 0 aromatic heterocycles. The van der Waals surface area contributed by atoms with Gasteiger partial charge in [-0.1, -0.05) is 6.92 Å². The molecule has 188 valence electrons. The van der Waals surface area contributed by atoms with Gasteiger partial charge < -0.3 is 10.6 Å². The Labute approximate surface area is 192 Å². The first kappa shape index (κ1) is 23.7. The van der Waals surface area contributed by atoms with Crippen LogP contribution >= 0.6 is 0 Å². The Bertz CT molecular complexity index is 707. The lowest BCUT2D eigenvalue weighted by atomic mass is 9.77. The van der Waals surface area contributed by atoms with Crippen molar-refractivity contribution >= 4 is 5.91 Å². The average molecular weight is 477 g/mol. The molecule has 1 amide bonds. The van der Waals surface area contributed by atoms with Crippen molar-refractivity contribution in [1.82, 2.24) is 31.3 Å². The number of fused-ring (bicyclic) bond motifs is 2. The number of nitrogens with one attached hydrogen (secondary N) is 4. The van der Waals surface area contributed by atoms with E-state index in [9.17, 15) is 22.4 Å². The molecule has 2 saturated carbocycles. The molecule has 5 aliphatic rings. The molecule has 4 N–H and O–H groups in total. The van der Waals surface area contributed by atoms with Crippen molar-refractivity contribution in [3.8, 4) is 0 Å². The molecule has 33 heavy (non-hydrogen) atoms. The fourth-order valence-electron chi connectivity index (χ4n) is 6.84. The minimum Gasteiger partial charge on any atom is -0.352 e. The van der Waals surface area contributed by atoms with Crippen LogP contribution in [-0.2, 0) is 4.79 Å². The Morgan fingerprint density at radius 2 is 1.88 bits per heavy atom. The molecule has 3 heterocycles.